The van der Waals surface area contributed by atoms with Crippen molar-refractivity contribution in [3.05, 3.63) is 29.8 Å². The van der Waals surface area contributed by atoms with Crippen LogP contribution in [0.5, 0.6) is 5.75 Å². The third-order valence-electron chi connectivity index (χ3n) is 3.09. The molecule has 92 valence electrons. The van der Waals surface area contributed by atoms with Gasteiger partial charge in [-0.2, -0.15) is 0 Å². The number of methoxy groups -OCH3 is 1. The Balaban J connectivity index is 1.94. The zero-order valence-corrected chi connectivity index (χ0v) is 10.1. The minimum atomic E-state index is 0.141. The number of benzene rings is 1. The van der Waals surface area contributed by atoms with Gasteiger partial charge in [0.15, 0.2) is 5.78 Å². The summed E-state index contributed by atoms with van der Waals surface area (Å²) in [5, 5.41) is 0. The zero-order valence-electron chi connectivity index (χ0n) is 10.1. The first kappa shape index (κ1) is 12.1. The maximum absolute atomic E-state index is 12.0. The molecule has 1 aliphatic rings. The molecule has 1 atom stereocenters. The van der Waals surface area contributed by atoms with Gasteiger partial charge in [0, 0.05) is 24.7 Å². The number of ketones is 1. The first-order chi connectivity index (χ1) is 8.19. The molecule has 4 nitrogen and oxygen atoms in total. The average molecular weight is 234 g/mol. The molecule has 1 aliphatic heterocycles. The lowest BCUT2D eigenvalue weighted by Crippen LogP contribution is -2.31. The van der Waals surface area contributed by atoms with Gasteiger partial charge in [-0.3, -0.25) is 9.69 Å². The van der Waals surface area contributed by atoms with Gasteiger partial charge in [-0.05, 0) is 30.7 Å². The van der Waals surface area contributed by atoms with Crippen LogP contribution in [0.3, 0.4) is 0 Å². The SMILES string of the molecule is COc1ccc(C(=O)CN2CCC(N)C2)cc1. The number of nitrogens with two attached hydrogens (primary N) is 1. The molecule has 4 heteroatoms. The second-order valence-electron chi connectivity index (χ2n) is 4.44. The molecule has 0 radical (unpaired) electrons. The highest BCUT2D eigenvalue weighted by molar-refractivity contribution is 5.97. The van der Waals surface area contributed by atoms with Crippen molar-refractivity contribution in [3.8, 4) is 5.75 Å². The van der Waals surface area contributed by atoms with E-state index < -0.39 is 0 Å². The normalized spacial score (nSPS) is 20.5. The van der Waals surface area contributed by atoms with Gasteiger partial charge >= 0.3 is 0 Å². The third kappa shape index (κ3) is 3.05. The Labute approximate surface area is 101 Å². The molecule has 1 saturated heterocycles. The Bertz CT molecular complexity index is 389. The number of nitrogens with zero attached hydrogens (tertiary/aromatic N) is 1. The fourth-order valence-corrected chi connectivity index (χ4v) is 2.08. The van der Waals surface area contributed by atoms with E-state index in [4.69, 9.17) is 10.5 Å². The number of likely N-dealkylation sites (tertiary alicyclic amines) is 1. The molecular formula is C13H18N2O2. The van der Waals surface area contributed by atoms with Crippen LogP contribution in [0.15, 0.2) is 24.3 Å². The van der Waals surface area contributed by atoms with Gasteiger partial charge < -0.3 is 10.5 Å². The molecule has 0 aromatic heterocycles. The zero-order chi connectivity index (χ0) is 12.3. The van der Waals surface area contributed by atoms with E-state index in [1.165, 1.54) is 0 Å². The minimum Gasteiger partial charge on any atom is -0.497 e. The topological polar surface area (TPSA) is 55.6 Å². The van der Waals surface area contributed by atoms with E-state index in [-0.39, 0.29) is 11.8 Å². The molecule has 1 unspecified atom stereocenters. The van der Waals surface area contributed by atoms with Crippen LogP contribution in [0.25, 0.3) is 0 Å². The van der Waals surface area contributed by atoms with Crippen LogP contribution >= 0.6 is 0 Å². The summed E-state index contributed by atoms with van der Waals surface area (Å²) < 4.78 is 5.06. The summed E-state index contributed by atoms with van der Waals surface area (Å²) in [6.45, 7) is 2.20. The van der Waals surface area contributed by atoms with Crippen molar-refractivity contribution in [2.24, 2.45) is 5.73 Å². The smallest absolute Gasteiger partial charge is 0.176 e. The van der Waals surface area contributed by atoms with Crippen molar-refractivity contribution < 1.29 is 9.53 Å². The van der Waals surface area contributed by atoms with Crippen LogP contribution in [-0.2, 0) is 0 Å². The number of carbonyl (C=O) groups excluding carboxylic acids is 1. The largest absolute Gasteiger partial charge is 0.497 e. The lowest BCUT2D eigenvalue weighted by atomic mass is 10.1. The Hall–Kier alpha value is -1.39. The molecule has 1 aromatic rings. The van der Waals surface area contributed by atoms with Gasteiger partial charge in [-0.25, -0.2) is 0 Å². The lowest BCUT2D eigenvalue weighted by molar-refractivity contribution is 0.0945. The molecule has 1 fully saturated rings. The van der Waals surface area contributed by atoms with Crippen molar-refractivity contribution in [1.29, 1.82) is 0 Å². The Morgan fingerprint density at radius 2 is 2.18 bits per heavy atom. The van der Waals surface area contributed by atoms with E-state index in [9.17, 15) is 4.79 Å². The number of carbonyl (C=O) groups is 1. The van der Waals surface area contributed by atoms with Crippen LogP contribution in [0, 0.1) is 0 Å². The molecule has 17 heavy (non-hydrogen) atoms. The van der Waals surface area contributed by atoms with Gasteiger partial charge in [0.1, 0.15) is 5.75 Å². The van der Waals surface area contributed by atoms with Crippen LogP contribution in [-0.4, -0.2) is 43.5 Å². The number of hydrogen-bond donors (Lipinski definition) is 1. The van der Waals surface area contributed by atoms with Crippen LogP contribution in [0.2, 0.25) is 0 Å². The standard InChI is InChI=1S/C13H18N2O2/c1-17-12-4-2-10(3-5-12)13(16)9-15-7-6-11(14)8-15/h2-5,11H,6-9,14H2,1H3. The Morgan fingerprint density at radius 1 is 1.47 bits per heavy atom. The van der Waals surface area contributed by atoms with Crippen LogP contribution in [0.4, 0.5) is 0 Å². The average Bonchev–Trinajstić information content (AvgIpc) is 2.75. The third-order valence-corrected chi connectivity index (χ3v) is 3.09. The van der Waals surface area contributed by atoms with Crippen molar-refractivity contribution >= 4 is 5.78 Å². The molecule has 0 amide bonds. The monoisotopic (exact) mass is 234 g/mol. The van der Waals surface area contributed by atoms with Gasteiger partial charge in [0.25, 0.3) is 0 Å². The highest BCUT2D eigenvalue weighted by Crippen LogP contribution is 2.13. The minimum absolute atomic E-state index is 0.141. The summed E-state index contributed by atoms with van der Waals surface area (Å²) >= 11 is 0. The van der Waals surface area contributed by atoms with E-state index in [0.717, 1.165) is 30.8 Å². The fourth-order valence-electron chi connectivity index (χ4n) is 2.08. The van der Waals surface area contributed by atoms with Crippen LogP contribution in [0.1, 0.15) is 16.8 Å². The summed E-state index contributed by atoms with van der Waals surface area (Å²) in [6, 6.07) is 7.44. The number of ether oxygens (including phenoxy) is 1. The predicted molar refractivity (Wildman–Crippen MR) is 66.4 cm³/mol. The fraction of sp³-hybridized carbons (Fsp3) is 0.462. The van der Waals surface area contributed by atoms with Gasteiger partial charge in [0.2, 0.25) is 0 Å². The maximum atomic E-state index is 12.0. The molecule has 0 aliphatic carbocycles. The second kappa shape index (κ2) is 5.29. The number of hydrogen-bond acceptors (Lipinski definition) is 4. The Kier molecular flexibility index (Phi) is 3.76. The first-order valence-corrected chi connectivity index (χ1v) is 5.84. The quantitative estimate of drug-likeness (QED) is 0.787. The molecule has 2 N–H and O–H groups in total. The molecule has 1 heterocycles. The molecular weight excluding hydrogens is 216 g/mol. The highest BCUT2D eigenvalue weighted by Gasteiger charge is 2.21. The van der Waals surface area contributed by atoms with Gasteiger partial charge in [-0.15, -0.1) is 0 Å². The van der Waals surface area contributed by atoms with Crippen molar-refractivity contribution in [2.75, 3.05) is 26.7 Å². The Morgan fingerprint density at radius 3 is 2.71 bits per heavy atom. The number of Topliss-reactive ketones (excluding diaryl/α,β-unsaturated/α-hetero) is 1. The first-order valence-electron chi connectivity index (χ1n) is 5.84. The molecule has 0 bridgehead atoms. The van der Waals surface area contributed by atoms with E-state index in [2.05, 4.69) is 4.90 Å². The second-order valence-corrected chi connectivity index (χ2v) is 4.44. The molecule has 1 aromatic carbocycles. The summed E-state index contributed by atoms with van der Waals surface area (Å²) in [4.78, 5) is 14.1. The van der Waals surface area contributed by atoms with Gasteiger partial charge in [0.05, 0.1) is 13.7 Å². The van der Waals surface area contributed by atoms with E-state index in [1.807, 2.05) is 12.1 Å². The summed E-state index contributed by atoms with van der Waals surface area (Å²) in [5.41, 5.74) is 6.54. The van der Waals surface area contributed by atoms with E-state index in [1.54, 1.807) is 19.2 Å². The lowest BCUT2D eigenvalue weighted by Gasteiger charge is -2.13. The summed E-state index contributed by atoms with van der Waals surface area (Å²) in [7, 11) is 1.61. The maximum Gasteiger partial charge on any atom is 0.176 e. The molecule has 2 rings (SSSR count). The van der Waals surface area contributed by atoms with Crippen LogP contribution < -0.4 is 10.5 Å². The summed E-state index contributed by atoms with van der Waals surface area (Å²) in [5.74, 6) is 0.909. The number of rotatable bonds is 4. The van der Waals surface area contributed by atoms with Crippen molar-refractivity contribution in [1.82, 2.24) is 4.90 Å². The van der Waals surface area contributed by atoms with Crippen molar-refractivity contribution in [2.45, 2.75) is 12.5 Å². The van der Waals surface area contributed by atoms with E-state index >= 15 is 0 Å². The predicted octanol–water partition coefficient (Wildman–Crippen LogP) is 0.911. The molecule has 0 saturated carbocycles. The summed E-state index contributed by atoms with van der Waals surface area (Å²) in [6.07, 6.45) is 0.982. The molecule has 0 spiro atoms. The van der Waals surface area contributed by atoms with E-state index in [0.29, 0.717) is 6.54 Å². The van der Waals surface area contributed by atoms with Gasteiger partial charge in [-0.1, -0.05) is 0 Å². The highest BCUT2D eigenvalue weighted by atomic mass is 16.5. The van der Waals surface area contributed by atoms with Crippen molar-refractivity contribution in [3.63, 3.8) is 0 Å².